The molecular weight excluding hydrogens is 316 g/mol. The highest BCUT2D eigenvalue weighted by Gasteiger charge is 2.15. The first-order valence-corrected chi connectivity index (χ1v) is 8.59. The number of ether oxygens (including phenoxy) is 1. The molecule has 6 nitrogen and oxygen atoms in total. The van der Waals surface area contributed by atoms with Crippen LogP contribution in [0.1, 0.15) is 35.6 Å². The first-order chi connectivity index (χ1) is 12.1. The van der Waals surface area contributed by atoms with Gasteiger partial charge in [-0.3, -0.25) is 4.79 Å². The summed E-state index contributed by atoms with van der Waals surface area (Å²) >= 11 is 0. The molecule has 0 saturated heterocycles. The van der Waals surface area contributed by atoms with Gasteiger partial charge in [0.2, 0.25) is 5.95 Å². The van der Waals surface area contributed by atoms with Crippen LogP contribution in [0, 0.1) is 6.92 Å². The van der Waals surface area contributed by atoms with E-state index in [2.05, 4.69) is 15.3 Å². The number of aromatic nitrogens is 2. The minimum absolute atomic E-state index is 0.0614. The van der Waals surface area contributed by atoms with Gasteiger partial charge < -0.3 is 15.0 Å². The predicted octanol–water partition coefficient (Wildman–Crippen LogP) is 2.93. The third-order valence-electron chi connectivity index (χ3n) is 3.98. The molecule has 1 N–H and O–H groups in total. The smallest absolute Gasteiger partial charge is 0.272 e. The van der Waals surface area contributed by atoms with E-state index in [-0.39, 0.29) is 5.91 Å². The third-order valence-corrected chi connectivity index (χ3v) is 3.98. The Kier molecular flexibility index (Phi) is 6.74. The molecule has 0 atom stereocenters. The van der Waals surface area contributed by atoms with E-state index in [1.807, 2.05) is 45.0 Å². The van der Waals surface area contributed by atoms with Crippen LogP contribution >= 0.6 is 0 Å². The molecule has 2 rings (SSSR count). The summed E-state index contributed by atoms with van der Waals surface area (Å²) < 4.78 is 5.16. The Hall–Kier alpha value is -2.63. The van der Waals surface area contributed by atoms with Crippen molar-refractivity contribution in [3.63, 3.8) is 0 Å². The SMILES string of the molecule is CCN(CC)C(=O)c1cc(C)nc(NCCc2ccc(OC)cc2)n1. The number of methoxy groups -OCH3 is 1. The van der Waals surface area contributed by atoms with Crippen molar-refractivity contribution in [1.29, 1.82) is 0 Å². The molecule has 1 amide bonds. The number of carbonyl (C=O) groups is 1. The number of carbonyl (C=O) groups excluding carboxylic acids is 1. The molecule has 1 aromatic carbocycles. The fraction of sp³-hybridized carbons (Fsp3) is 0.421. The third kappa shape index (κ3) is 5.17. The van der Waals surface area contributed by atoms with E-state index < -0.39 is 0 Å². The predicted molar refractivity (Wildman–Crippen MR) is 99.2 cm³/mol. The molecule has 1 aromatic heterocycles. The van der Waals surface area contributed by atoms with Gasteiger partial charge in [0, 0.05) is 25.3 Å². The van der Waals surface area contributed by atoms with Crippen LogP contribution in [0.3, 0.4) is 0 Å². The van der Waals surface area contributed by atoms with Crippen molar-refractivity contribution < 1.29 is 9.53 Å². The standard InChI is InChI=1S/C19H26N4O2/c1-5-23(6-2)18(24)17-13-14(3)21-19(22-17)20-12-11-15-7-9-16(25-4)10-8-15/h7-10,13H,5-6,11-12H2,1-4H3,(H,20,21,22). The van der Waals surface area contributed by atoms with E-state index in [0.717, 1.165) is 17.9 Å². The maximum atomic E-state index is 12.5. The number of rotatable bonds is 8. The van der Waals surface area contributed by atoms with Crippen molar-refractivity contribution in [2.75, 3.05) is 32.1 Å². The lowest BCUT2D eigenvalue weighted by atomic mass is 10.1. The molecule has 0 aliphatic carbocycles. The van der Waals surface area contributed by atoms with Gasteiger partial charge in [-0.25, -0.2) is 9.97 Å². The minimum atomic E-state index is -0.0614. The maximum Gasteiger partial charge on any atom is 0.272 e. The highest BCUT2D eigenvalue weighted by molar-refractivity contribution is 5.92. The first-order valence-electron chi connectivity index (χ1n) is 8.59. The highest BCUT2D eigenvalue weighted by Crippen LogP contribution is 2.12. The summed E-state index contributed by atoms with van der Waals surface area (Å²) in [5.41, 5.74) is 2.40. The molecule has 0 aliphatic rings. The Bertz CT molecular complexity index is 697. The van der Waals surface area contributed by atoms with Gasteiger partial charge in [-0.05, 0) is 51.0 Å². The van der Waals surface area contributed by atoms with Crippen LogP contribution in [0.4, 0.5) is 5.95 Å². The summed E-state index contributed by atoms with van der Waals surface area (Å²) in [4.78, 5) is 23.0. The Morgan fingerprint density at radius 3 is 2.44 bits per heavy atom. The molecule has 134 valence electrons. The van der Waals surface area contributed by atoms with Crippen LogP contribution in [-0.4, -0.2) is 47.5 Å². The Morgan fingerprint density at radius 1 is 1.16 bits per heavy atom. The number of aryl methyl sites for hydroxylation is 1. The molecule has 0 unspecified atom stereocenters. The lowest BCUT2D eigenvalue weighted by Crippen LogP contribution is -2.31. The summed E-state index contributed by atoms with van der Waals surface area (Å²) in [6.45, 7) is 7.81. The molecule has 0 fully saturated rings. The molecular formula is C19H26N4O2. The van der Waals surface area contributed by atoms with Crippen LogP contribution in [0.15, 0.2) is 30.3 Å². The summed E-state index contributed by atoms with van der Waals surface area (Å²) in [5, 5.41) is 3.21. The second-order valence-corrected chi connectivity index (χ2v) is 5.72. The summed E-state index contributed by atoms with van der Waals surface area (Å²) in [6.07, 6.45) is 0.834. The van der Waals surface area contributed by atoms with Crippen molar-refractivity contribution >= 4 is 11.9 Å². The molecule has 0 spiro atoms. The molecule has 1 heterocycles. The highest BCUT2D eigenvalue weighted by atomic mass is 16.5. The second kappa shape index (κ2) is 9.01. The van der Waals surface area contributed by atoms with Crippen molar-refractivity contribution in [2.45, 2.75) is 27.2 Å². The van der Waals surface area contributed by atoms with Gasteiger partial charge >= 0.3 is 0 Å². The van der Waals surface area contributed by atoms with Gasteiger partial charge in [-0.2, -0.15) is 0 Å². The van der Waals surface area contributed by atoms with E-state index in [9.17, 15) is 4.79 Å². The van der Waals surface area contributed by atoms with Gasteiger partial charge in [-0.1, -0.05) is 12.1 Å². The van der Waals surface area contributed by atoms with Crippen molar-refractivity contribution in [3.8, 4) is 5.75 Å². The van der Waals surface area contributed by atoms with Gasteiger partial charge in [-0.15, -0.1) is 0 Å². The van der Waals surface area contributed by atoms with E-state index >= 15 is 0 Å². The van der Waals surface area contributed by atoms with Gasteiger partial charge in [0.05, 0.1) is 7.11 Å². The number of hydrogen-bond donors (Lipinski definition) is 1. The van der Waals surface area contributed by atoms with Crippen LogP contribution in [0.2, 0.25) is 0 Å². The number of amides is 1. The van der Waals surface area contributed by atoms with Crippen molar-refractivity contribution in [1.82, 2.24) is 14.9 Å². The molecule has 25 heavy (non-hydrogen) atoms. The zero-order chi connectivity index (χ0) is 18.2. The second-order valence-electron chi connectivity index (χ2n) is 5.72. The first kappa shape index (κ1) is 18.7. The van der Waals surface area contributed by atoms with E-state index in [4.69, 9.17) is 4.74 Å². The Morgan fingerprint density at radius 2 is 1.84 bits per heavy atom. The number of hydrogen-bond acceptors (Lipinski definition) is 5. The average Bonchev–Trinajstić information content (AvgIpc) is 2.63. The summed E-state index contributed by atoms with van der Waals surface area (Å²) in [5.74, 6) is 1.27. The number of nitrogens with zero attached hydrogens (tertiary/aromatic N) is 3. The summed E-state index contributed by atoms with van der Waals surface area (Å²) in [7, 11) is 1.66. The zero-order valence-electron chi connectivity index (χ0n) is 15.4. The van der Waals surface area contributed by atoms with E-state index in [1.54, 1.807) is 18.1 Å². The number of benzene rings is 1. The van der Waals surface area contributed by atoms with Gasteiger partial charge in [0.25, 0.3) is 5.91 Å². The molecule has 0 aliphatic heterocycles. The molecule has 2 aromatic rings. The molecule has 0 bridgehead atoms. The lowest BCUT2D eigenvalue weighted by molar-refractivity contribution is 0.0767. The summed E-state index contributed by atoms with van der Waals surface area (Å²) in [6, 6.07) is 9.69. The van der Waals surface area contributed by atoms with Crippen LogP contribution in [0.5, 0.6) is 5.75 Å². The van der Waals surface area contributed by atoms with Crippen molar-refractivity contribution in [3.05, 3.63) is 47.3 Å². The molecule has 0 saturated carbocycles. The normalized spacial score (nSPS) is 10.4. The van der Waals surface area contributed by atoms with E-state index in [0.29, 0.717) is 31.3 Å². The maximum absolute atomic E-state index is 12.5. The fourth-order valence-electron chi connectivity index (χ4n) is 2.54. The number of nitrogens with one attached hydrogen (secondary N) is 1. The van der Waals surface area contributed by atoms with E-state index in [1.165, 1.54) is 5.56 Å². The van der Waals surface area contributed by atoms with Gasteiger partial charge in [0.15, 0.2) is 0 Å². The fourth-order valence-corrected chi connectivity index (χ4v) is 2.54. The quantitative estimate of drug-likeness (QED) is 0.799. The van der Waals surface area contributed by atoms with Crippen LogP contribution < -0.4 is 10.1 Å². The topological polar surface area (TPSA) is 67.4 Å². The molecule has 0 radical (unpaired) electrons. The average molecular weight is 342 g/mol. The number of anilines is 1. The monoisotopic (exact) mass is 342 g/mol. The minimum Gasteiger partial charge on any atom is -0.497 e. The zero-order valence-corrected chi connectivity index (χ0v) is 15.4. The van der Waals surface area contributed by atoms with Gasteiger partial charge in [0.1, 0.15) is 11.4 Å². The van der Waals surface area contributed by atoms with Crippen LogP contribution in [0.25, 0.3) is 0 Å². The Labute approximate surface area is 149 Å². The van der Waals surface area contributed by atoms with Crippen molar-refractivity contribution in [2.24, 2.45) is 0 Å². The lowest BCUT2D eigenvalue weighted by Gasteiger charge is -2.18. The Balaban J connectivity index is 2.00. The van der Waals surface area contributed by atoms with Crippen LogP contribution in [-0.2, 0) is 6.42 Å². The largest absolute Gasteiger partial charge is 0.497 e. The molecule has 6 heteroatoms.